The van der Waals surface area contributed by atoms with Crippen LogP contribution < -0.4 is 0 Å². The molecule has 0 aliphatic carbocycles. The van der Waals surface area contributed by atoms with E-state index in [2.05, 4.69) is 0 Å². The third-order valence-electron chi connectivity index (χ3n) is 2.28. The second-order valence-corrected chi connectivity index (χ2v) is 5.27. The zero-order chi connectivity index (χ0) is 11.8. The van der Waals surface area contributed by atoms with E-state index in [4.69, 9.17) is 4.74 Å². The average Bonchev–Trinajstić information content (AvgIpc) is 2.55. The molecule has 0 saturated heterocycles. The number of carbonyl (C=O) groups is 1. The van der Waals surface area contributed by atoms with Gasteiger partial charge >= 0.3 is 5.97 Å². The van der Waals surface area contributed by atoms with Crippen molar-refractivity contribution in [1.29, 1.82) is 0 Å². The molecule has 0 saturated carbocycles. The van der Waals surface area contributed by atoms with Crippen molar-refractivity contribution in [2.24, 2.45) is 0 Å². The average molecular weight is 240 g/mol. The Morgan fingerprint density at radius 2 is 2.19 bits per heavy atom. The van der Waals surface area contributed by atoms with Gasteiger partial charge in [-0.05, 0) is 36.8 Å². The van der Waals surface area contributed by atoms with Crippen LogP contribution in [0, 0.1) is 0 Å². The van der Waals surface area contributed by atoms with Gasteiger partial charge in [0.25, 0.3) is 0 Å². The first-order valence-corrected chi connectivity index (χ1v) is 6.43. The Morgan fingerprint density at radius 3 is 2.88 bits per heavy atom. The summed E-state index contributed by atoms with van der Waals surface area (Å²) >= 11 is 0. The number of hydrogen-bond donors (Lipinski definition) is 2. The smallest absolute Gasteiger partial charge is 0.338 e. The summed E-state index contributed by atoms with van der Waals surface area (Å²) in [6.45, 7) is 2.06. The van der Waals surface area contributed by atoms with Crippen LogP contribution in [0.1, 0.15) is 22.8 Å². The van der Waals surface area contributed by atoms with Crippen molar-refractivity contribution in [2.75, 3.05) is 6.61 Å². The van der Waals surface area contributed by atoms with Crippen LogP contribution in [0.15, 0.2) is 28.5 Å². The summed E-state index contributed by atoms with van der Waals surface area (Å²) in [4.78, 5) is 11.9. The molecule has 0 radical (unpaired) electrons. The van der Waals surface area contributed by atoms with Crippen LogP contribution in [-0.4, -0.2) is 21.7 Å². The quantitative estimate of drug-likeness (QED) is 0.780. The second kappa shape index (κ2) is 3.93. The Hall–Kier alpha value is -1.30. The summed E-state index contributed by atoms with van der Waals surface area (Å²) in [6, 6.07) is 4.69. The summed E-state index contributed by atoms with van der Waals surface area (Å²) < 4.78 is 24.1. The van der Waals surface area contributed by atoms with Crippen molar-refractivity contribution in [2.45, 2.75) is 11.8 Å². The van der Waals surface area contributed by atoms with Gasteiger partial charge in [-0.1, -0.05) is 0 Å². The molecule has 0 aromatic heterocycles. The van der Waals surface area contributed by atoms with Gasteiger partial charge in [0, 0.05) is 5.41 Å². The van der Waals surface area contributed by atoms with Gasteiger partial charge in [-0.25, -0.2) is 4.79 Å². The van der Waals surface area contributed by atoms with Crippen LogP contribution in [0.3, 0.4) is 0 Å². The molecule has 1 aromatic rings. The summed E-state index contributed by atoms with van der Waals surface area (Å²) in [5, 5.41) is 1.35. The second-order valence-electron chi connectivity index (χ2n) is 3.37. The minimum absolute atomic E-state index is 0.320. The Bertz CT molecular complexity index is 465. The maximum Gasteiger partial charge on any atom is 0.338 e. The SMILES string of the molecule is CCOC(=O)c1ccc2c(c1)C=CS2(O)O. The van der Waals surface area contributed by atoms with Crippen LogP contribution in [0.25, 0.3) is 6.08 Å². The number of hydrogen-bond acceptors (Lipinski definition) is 4. The van der Waals surface area contributed by atoms with Crippen molar-refractivity contribution >= 4 is 22.6 Å². The largest absolute Gasteiger partial charge is 0.462 e. The lowest BCUT2D eigenvalue weighted by molar-refractivity contribution is 0.0526. The van der Waals surface area contributed by atoms with E-state index in [9.17, 15) is 13.9 Å². The molecule has 1 aromatic carbocycles. The molecular weight excluding hydrogens is 228 g/mol. The van der Waals surface area contributed by atoms with Gasteiger partial charge < -0.3 is 4.74 Å². The normalized spacial score (nSPS) is 17.9. The van der Waals surface area contributed by atoms with E-state index in [1.807, 2.05) is 0 Å². The summed E-state index contributed by atoms with van der Waals surface area (Å²) in [5.74, 6) is -0.401. The standard InChI is InChI=1S/C11H12O4S/c1-2-15-11(12)9-3-4-10-8(7-9)5-6-16(10,13)14/h3-7,13-14H,2H2,1H3. The van der Waals surface area contributed by atoms with Crippen molar-refractivity contribution in [3.63, 3.8) is 0 Å². The highest BCUT2D eigenvalue weighted by Gasteiger charge is 2.22. The van der Waals surface area contributed by atoms with Gasteiger partial charge in [0.2, 0.25) is 0 Å². The van der Waals surface area contributed by atoms with Gasteiger partial charge in [-0.2, -0.15) is 0 Å². The molecule has 0 bridgehead atoms. The van der Waals surface area contributed by atoms with E-state index < -0.39 is 16.6 Å². The minimum Gasteiger partial charge on any atom is -0.462 e. The summed E-state index contributed by atoms with van der Waals surface area (Å²) in [6.07, 6.45) is 1.60. The van der Waals surface area contributed by atoms with E-state index in [0.29, 0.717) is 22.6 Å². The van der Waals surface area contributed by atoms with E-state index >= 15 is 0 Å². The fraction of sp³-hybridized carbons (Fsp3) is 0.182. The molecule has 1 aliphatic heterocycles. The fourth-order valence-corrected chi connectivity index (χ4v) is 2.76. The molecule has 0 spiro atoms. The first-order valence-electron chi connectivity index (χ1n) is 4.82. The van der Waals surface area contributed by atoms with Gasteiger partial charge in [0.1, 0.15) is 0 Å². The van der Waals surface area contributed by atoms with E-state index in [1.165, 1.54) is 11.5 Å². The third kappa shape index (κ3) is 1.84. The summed E-state index contributed by atoms with van der Waals surface area (Å²) in [7, 11) is -2.79. The highest BCUT2D eigenvalue weighted by atomic mass is 32.3. The summed E-state index contributed by atoms with van der Waals surface area (Å²) in [5.41, 5.74) is 1.08. The zero-order valence-electron chi connectivity index (χ0n) is 8.71. The number of fused-ring (bicyclic) bond motifs is 1. The van der Waals surface area contributed by atoms with Crippen LogP contribution in [0.5, 0.6) is 0 Å². The molecule has 1 aliphatic rings. The van der Waals surface area contributed by atoms with E-state index in [1.54, 1.807) is 25.1 Å². The Balaban J connectivity index is 2.35. The molecule has 0 fully saturated rings. The molecule has 5 heteroatoms. The molecule has 0 amide bonds. The molecule has 86 valence electrons. The van der Waals surface area contributed by atoms with Crippen molar-refractivity contribution in [3.8, 4) is 0 Å². The van der Waals surface area contributed by atoms with Gasteiger partial charge in [-0.15, -0.1) is 10.6 Å². The highest BCUT2D eigenvalue weighted by molar-refractivity contribution is 8.27. The maximum atomic E-state index is 11.4. The predicted octanol–water partition coefficient (Wildman–Crippen LogP) is 2.96. The Kier molecular flexibility index (Phi) is 2.75. The number of rotatable bonds is 2. The predicted molar refractivity (Wildman–Crippen MR) is 62.5 cm³/mol. The van der Waals surface area contributed by atoms with Crippen LogP contribution in [-0.2, 0) is 4.74 Å². The zero-order valence-corrected chi connectivity index (χ0v) is 9.53. The number of carbonyl (C=O) groups excluding carboxylic acids is 1. The van der Waals surface area contributed by atoms with Crippen LogP contribution >= 0.6 is 10.6 Å². The lowest BCUT2D eigenvalue weighted by Crippen LogP contribution is -2.05. The van der Waals surface area contributed by atoms with Crippen LogP contribution in [0.2, 0.25) is 0 Å². The van der Waals surface area contributed by atoms with Gasteiger partial charge in [0.05, 0.1) is 17.1 Å². The molecular formula is C11H12O4S. The maximum absolute atomic E-state index is 11.4. The molecule has 4 nitrogen and oxygen atoms in total. The van der Waals surface area contributed by atoms with Crippen molar-refractivity contribution in [3.05, 3.63) is 34.7 Å². The first-order chi connectivity index (χ1) is 7.54. The van der Waals surface area contributed by atoms with Gasteiger partial charge in [0.15, 0.2) is 0 Å². The van der Waals surface area contributed by atoms with E-state index in [0.717, 1.165) is 0 Å². The fourth-order valence-electron chi connectivity index (χ4n) is 1.54. The number of ether oxygens (including phenoxy) is 1. The molecule has 2 N–H and O–H groups in total. The molecule has 16 heavy (non-hydrogen) atoms. The van der Waals surface area contributed by atoms with Gasteiger partial charge in [-0.3, -0.25) is 9.11 Å². The Labute approximate surface area is 94.9 Å². The first kappa shape index (κ1) is 11.2. The molecule has 2 rings (SSSR count). The Morgan fingerprint density at radius 1 is 1.44 bits per heavy atom. The molecule has 1 heterocycles. The molecule has 0 atom stereocenters. The lowest BCUT2D eigenvalue weighted by Gasteiger charge is -2.25. The number of esters is 1. The highest BCUT2D eigenvalue weighted by Crippen LogP contribution is 2.55. The monoisotopic (exact) mass is 240 g/mol. The minimum atomic E-state index is -2.79. The van der Waals surface area contributed by atoms with Crippen molar-refractivity contribution in [1.82, 2.24) is 0 Å². The third-order valence-corrected chi connectivity index (χ3v) is 3.82. The number of benzene rings is 1. The van der Waals surface area contributed by atoms with E-state index in [-0.39, 0.29) is 0 Å². The lowest BCUT2D eigenvalue weighted by atomic mass is 10.1. The van der Waals surface area contributed by atoms with Crippen LogP contribution in [0.4, 0.5) is 0 Å². The molecule has 0 unspecified atom stereocenters. The topological polar surface area (TPSA) is 66.8 Å². The van der Waals surface area contributed by atoms with Crippen molar-refractivity contribution < 1.29 is 18.6 Å².